The molecule has 0 spiro atoms. The number of aromatic nitrogens is 1. The van der Waals surface area contributed by atoms with Crippen LogP contribution in [0.4, 0.5) is 0 Å². The Morgan fingerprint density at radius 3 is 2.81 bits per heavy atom. The molecule has 0 aliphatic rings. The zero-order valence-corrected chi connectivity index (χ0v) is 10.0. The quantitative estimate of drug-likeness (QED) is 0.862. The Morgan fingerprint density at radius 2 is 2.19 bits per heavy atom. The summed E-state index contributed by atoms with van der Waals surface area (Å²) < 4.78 is 5.54. The summed E-state index contributed by atoms with van der Waals surface area (Å²) in [5.74, 6) is 1.77. The second-order valence-corrected chi connectivity index (χ2v) is 4.44. The van der Waals surface area contributed by atoms with Crippen molar-refractivity contribution in [2.24, 2.45) is 5.73 Å². The van der Waals surface area contributed by atoms with Crippen LogP contribution in [0.2, 0.25) is 0 Å². The molecule has 0 bridgehead atoms. The topological polar surface area (TPSA) is 55.3 Å². The van der Waals surface area contributed by atoms with Crippen molar-refractivity contribution in [3.8, 4) is 0 Å². The van der Waals surface area contributed by atoms with Crippen LogP contribution >= 0.6 is 11.3 Å². The summed E-state index contributed by atoms with van der Waals surface area (Å²) >= 11 is 1.62. The molecule has 0 unspecified atom stereocenters. The van der Waals surface area contributed by atoms with Crippen LogP contribution in [0.15, 0.2) is 27.4 Å². The highest BCUT2D eigenvalue weighted by Crippen LogP contribution is 2.11. The lowest BCUT2D eigenvalue weighted by atomic mass is 10.4. The third kappa shape index (κ3) is 2.91. The second kappa shape index (κ2) is 5.25. The Kier molecular flexibility index (Phi) is 3.71. The molecule has 0 aromatic carbocycles. The van der Waals surface area contributed by atoms with Gasteiger partial charge in [0, 0.05) is 11.9 Å². The summed E-state index contributed by atoms with van der Waals surface area (Å²) in [5.41, 5.74) is 8.43. The van der Waals surface area contributed by atoms with E-state index in [-0.39, 0.29) is 0 Å². The SMILES string of the molecule is CN(Cc1cscn1)Cc1ccc(CN)o1. The Hall–Kier alpha value is -1.17. The van der Waals surface area contributed by atoms with Gasteiger partial charge in [-0.2, -0.15) is 0 Å². The van der Waals surface area contributed by atoms with Crippen LogP contribution in [-0.4, -0.2) is 16.9 Å². The first-order valence-electron chi connectivity index (χ1n) is 5.11. The average molecular weight is 237 g/mol. The Morgan fingerprint density at radius 1 is 1.38 bits per heavy atom. The molecule has 0 aliphatic carbocycles. The molecule has 2 aromatic rings. The van der Waals surface area contributed by atoms with Crippen LogP contribution in [0.3, 0.4) is 0 Å². The van der Waals surface area contributed by atoms with Crippen LogP contribution in [0.1, 0.15) is 17.2 Å². The predicted molar refractivity (Wildman–Crippen MR) is 63.9 cm³/mol. The van der Waals surface area contributed by atoms with Gasteiger partial charge in [-0.25, -0.2) is 4.98 Å². The van der Waals surface area contributed by atoms with Gasteiger partial charge in [-0.1, -0.05) is 0 Å². The monoisotopic (exact) mass is 237 g/mol. The summed E-state index contributed by atoms with van der Waals surface area (Å²) in [5, 5.41) is 2.06. The first-order chi connectivity index (χ1) is 7.78. The van der Waals surface area contributed by atoms with E-state index in [2.05, 4.69) is 15.3 Å². The molecule has 0 amide bonds. The minimum absolute atomic E-state index is 0.454. The largest absolute Gasteiger partial charge is 0.463 e. The normalized spacial score (nSPS) is 11.2. The van der Waals surface area contributed by atoms with Crippen molar-refractivity contribution >= 4 is 11.3 Å². The molecule has 0 fully saturated rings. The molecule has 2 N–H and O–H groups in total. The van der Waals surface area contributed by atoms with Gasteiger partial charge in [0.2, 0.25) is 0 Å². The first-order valence-corrected chi connectivity index (χ1v) is 6.05. The second-order valence-electron chi connectivity index (χ2n) is 3.72. The highest BCUT2D eigenvalue weighted by molar-refractivity contribution is 7.07. The molecule has 5 heteroatoms. The lowest BCUT2D eigenvalue weighted by molar-refractivity contribution is 0.281. The maximum Gasteiger partial charge on any atom is 0.118 e. The van der Waals surface area contributed by atoms with Crippen LogP contribution in [0.5, 0.6) is 0 Å². The van der Waals surface area contributed by atoms with Gasteiger partial charge in [0.05, 0.1) is 24.3 Å². The van der Waals surface area contributed by atoms with Crippen molar-refractivity contribution < 1.29 is 4.42 Å². The van der Waals surface area contributed by atoms with Crippen molar-refractivity contribution in [2.75, 3.05) is 7.05 Å². The van der Waals surface area contributed by atoms with Gasteiger partial charge in [0.1, 0.15) is 11.5 Å². The van der Waals surface area contributed by atoms with Gasteiger partial charge in [0.25, 0.3) is 0 Å². The van der Waals surface area contributed by atoms with Crippen molar-refractivity contribution in [2.45, 2.75) is 19.6 Å². The number of thiazole rings is 1. The summed E-state index contributed by atoms with van der Waals surface area (Å²) in [6.07, 6.45) is 0. The van der Waals surface area contributed by atoms with Gasteiger partial charge in [-0.3, -0.25) is 4.90 Å². The van der Waals surface area contributed by atoms with Crippen LogP contribution < -0.4 is 5.73 Å². The highest BCUT2D eigenvalue weighted by Gasteiger charge is 2.06. The highest BCUT2D eigenvalue weighted by atomic mass is 32.1. The van der Waals surface area contributed by atoms with Crippen molar-refractivity contribution in [3.05, 3.63) is 40.2 Å². The molecule has 0 saturated heterocycles. The molecule has 0 aliphatic heterocycles. The number of rotatable bonds is 5. The zero-order valence-electron chi connectivity index (χ0n) is 9.22. The molecule has 4 nitrogen and oxygen atoms in total. The van der Waals surface area contributed by atoms with Gasteiger partial charge < -0.3 is 10.2 Å². The summed E-state index contributed by atoms with van der Waals surface area (Å²) in [4.78, 5) is 6.41. The molecular weight excluding hydrogens is 222 g/mol. The van der Waals surface area contributed by atoms with E-state index in [1.807, 2.05) is 24.7 Å². The van der Waals surface area contributed by atoms with Crippen LogP contribution in [-0.2, 0) is 19.6 Å². The fourth-order valence-corrected chi connectivity index (χ4v) is 2.08. The minimum atomic E-state index is 0.454. The Bertz CT molecular complexity index is 424. The maximum atomic E-state index is 5.54. The van der Waals surface area contributed by atoms with Crippen molar-refractivity contribution in [1.29, 1.82) is 0 Å². The third-order valence-electron chi connectivity index (χ3n) is 2.26. The fraction of sp³-hybridized carbons (Fsp3) is 0.364. The molecule has 2 heterocycles. The molecule has 2 aromatic heterocycles. The van der Waals surface area contributed by atoms with Crippen molar-refractivity contribution in [3.63, 3.8) is 0 Å². The van der Waals surface area contributed by atoms with Crippen LogP contribution in [0.25, 0.3) is 0 Å². The standard InChI is InChI=1S/C11H15N3OS/c1-14(5-9-7-16-8-13-9)6-11-3-2-10(4-12)15-11/h2-3,7-8H,4-6,12H2,1H3. The molecule has 86 valence electrons. The lowest BCUT2D eigenvalue weighted by Crippen LogP contribution is -2.16. The summed E-state index contributed by atoms with van der Waals surface area (Å²) in [6, 6.07) is 3.89. The zero-order chi connectivity index (χ0) is 11.4. The molecule has 0 saturated carbocycles. The van der Waals surface area contributed by atoms with Crippen molar-refractivity contribution in [1.82, 2.24) is 9.88 Å². The molecule has 0 atom stereocenters. The van der Waals surface area contributed by atoms with Gasteiger partial charge in [0.15, 0.2) is 0 Å². The van der Waals surface area contributed by atoms with E-state index < -0.39 is 0 Å². The van der Waals surface area contributed by atoms with E-state index in [9.17, 15) is 0 Å². The Balaban J connectivity index is 1.89. The smallest absolute Gasteiger partial charge is 0.118 e. The van der Waals surface area contributed by atoms with E-state index >= 15 is 0 Å². The van der Waals surface area contributed by atoms with Gasteiger partial charge in [-0.15, -0.1) is 11.3 Å². The minimum Gasteiger partial charge on any atom is -0.463 e. The maximum absolute atomic E-state index is 5.54. The van der Waals surface area contributed by atoms with Gasteiger partial charge >= 0.3 is 0 Å². The number of hydrogen-bond donors (Lipinski definition) is 1. The third-order valence-corrected chi connectivity index (χ3v) is 2.89. The van der Waals surface area contributed by atoms with E-state index in [1.165, 1.54) is 0 Å². The summed E-state index contributed by atoms with van der Waals surface area (Å²) in [6.45, 7) is 2.06. The number of nitrogens with zero attached hydrogens (tertiary/aromatic N) is 2. The Labute approximate surface area is 98.7 Å². The number of hydrogen-bond acceptors (Lipinski definition) is 5. The van der Waals surface area contributed by atoms with E-state index in [1.54, 1.807) is 11.3 Å². The molecule has 0 radical (unpaired) electrons. The molecule has 16 heavy (non-hydrogen) atoms. The van der Waals surface area contributed by atoms with E-state index in [4.69, 9.17) is 10.2 Å². The average Bonchev–Trinajstić information content (AvgIpc) is 2.89. The number of furan rings is 1. The molecular formula is C11H15N3OS. The van der Waals surface area contributed by atoms with E-state index in [0.717, 1.165) is 30.3 Å². The number of nitrogens with two attached hydrogens (primary N) is 1. The van der Waals surface area contributed by atoms with Gasteiger partial charge in [-0.05, 0) is 19.2 Å². The first kappa shape index (κ1) is 11.3. The van der Waals surface area contributed by atoms with E-state index in [0.29, 0.717) is 6.54 Å². The predicted octanol–water partition coefficient (Wildman–Crippen LogP) is 1.83. The fourth-order valence-electron chi connectivity index (χ4n) is 1.53. The van der Waals surface area contributed by atoms with Crippen LogP contribution in [0, 0.1) is 0 Å². The summed E-state index contributed by atoms with van der Waals surface area (Å²) in [7, 11) is 2.05. The lowest BCUT2D eigenvalue weighted by Gasteiger charge is -2.13. The molecule has 2 rings (SSSR count).